The zero-order valence-corrected chi connectivity index (χ0v) is 5.77. The highest BCUT2D eigenvalue weighted by Gasteiger charge is 2.04. The molecular weight excluding hydrogens is 157 g/mol. The van der Waals surface area contributed by atoms with Crippen molar-refractivity contribution in [2.45, 2.75) is 0 Å². The quantitative estimate of drug-likeness (QED) is 0.470. The maximum Gasteiger partial charge on any atom is 0.199 e. The van der Waals surface area contributed by atoms with E-state index in [2.05, 4.69) is 0 Å². The van der Waals surface area contributed by atoms with E-state index in [1.165, 1.54) is 18.2 Å². The molecule has 0 spiro atoms. The van der Waals surface area contributed by atoms with E-state index in [-0.39, 0.29) is 5.69 Å². The van der Waals surface area contributed by atoms with Crippen LogP contribution >= 0.6 is 11.6 Å². The van der Waals surface area contributed by atoms with Gasteiger partial charge >= 0.3 is 0 Å². The van der Waals surface area contributed by atoms with E-state index >= 15 is 0 Å². The Labute approximate surface area is 62.2 Å². The first-order valence-corrected chi connectivity index (χ1v) is 3.04. The van der Waals surface area contributed by atoms with Crippen LogP contribution in [0.2, 0.25) is 5.02 Å². The minimum Gasteiger partial charge on any atom is -0.215 e. The van der Waals surface area contributed by atoms with Crippen molar-refractivity contribution in [2.24, 2.45) is 0 Å². The molecule has 0 heterocycles. The maximum absolute atomic E-state index is 12.5. The van der Waals surface area contributed by atoms with Crippen molar-refractivity contribution in [3.8, 4) is 0 Å². The molecule has 1 rings (SSSR count). The van der Waals surface area contributed by atoms with E-state index in [9.17, 15) is 4.39 Å². The lowest BCUT2D eigenvalue weighted by Crippen LogP contribution is -2.74. The molecule has 0 aliphatic carbocycles. The van der Waals surface area contributed by atoms with Crippen molar-refractivity contribution in [2.75, 3.05) is 0 Å². The van der Waals surface area contributed by atoms with Crippen molar-refractivity contribution in [3.63, 3.8) is 0 Å². The summed E-state index contributed by atoms with van der Waals surface area (Å²) in [4.78, 5) is 0. The van der Waals surface area contributed by atoms with Gasteiger partial charge in [-0.25, -0.2) is 9.60 Å². The first-order chi connectivity index (χ1) is 4.74. The van der Waals surface area contributed by atoms with Crippen molar-refractivity contribution >= 4 is 17.3 Å². The highest BCUT2D eigenvalue weighted by atomic mass is 35.5. The van der Waals surface area contributed by atoms with E-state index < -0.39 is 5.82 Å². The summed E-state index contributed by atoms with van der Waals surface area (Å²) in [5.74, 6) is -0.480. The van der Waals surface area contributed by atoms with E-state index in [4.69, 9.17) is 16.8 Å². The average Bonchev–Trinajstić information content (AvgIpc) is 1.94. The molecule has 4 heteroatoms. The summed E-state index contributed by atoms with van der Waals surface area (Å²) >= 11 is 5.50. The van der Waals surface area contributed by atoms with Crippen LogP contribution in [0, 0.1) is 5.82 Å². The standard InChI is InChI=1S/C6H5ClFNO/c7-4-1-2-5(8)6(3-4)9-10/h1-3,9-10H/p+1. The Balaban J connectivity index is 3.09. The smallest absolute Gasteiger partial charge is 0.199 e. The zero-order valence-electron chi connectivity index (χ0n) is 5.01. The van der Waals surface area contributed by atoms with Crippen LogP contribution in [-0.4, -0.2) is 5.21 Å². The summed E-state index contributed by atoms with van der Waals surface area (Å²) in [6, 6.07) is 3.96. The van der Waals surface area contributed by atoms with Crippen LogP contribution in [0.15, 0.2) is 18.2 Å². The van der Waals surface area contributed by atoms with Crippen molar-refractivity contribution < 1.29 is 15.1 Å². The summed E-state index contributed by atoms with van der Waals surface area (Å²) in [6.45, 7) is 0. The summed E-state index contributed by atoms with van der Waals surface area (Å²) < 4.78 is 12.5. The van der Waals surface area contributed by atoms with E-state index in [1.54, 1.807) is 0 Å². The second-order valence-corrected chi connectivity index (χ2v) is 2.23. The van der Waals surface area contributed by atoms with Crippen LogP contribution in [0.25, 0.3) is 0 Å². The number of rotatable bonds is 1. The molecule has 0 radical (unpaired) electrons. The Kier molecular flexibility index (Phi) is 2.21. The average molecular weight is 163 g/mol. The first-order valence-electron chi connectivity index (χ1n) is 2.66. The fraction of sp³-hybridized carbons (Fsp3) is 0. The van der Waals surface area contributed by atoms with Crippen LogP contribution in [0.4, 0.5) is 10.1 Å². The molecule has 0 aromatic heterocycles. The molecule has 10 heavy (non-hydrogen) atoms. The SMILES string of the molecule is O[NH2+]c1cc(Cl)ccc1F. The molecule has 1 aromatic rings. The monoisotopic (exact) mass is 162 g/mol. The Morgan fingerprint density at radius 2 is 2.20 bits per heavy atom. The Hall–Kier alpha value is -0.640. The van der Waals surface area contributed by atoms with E-state index in [0.29, 0.717) is 10.5 Å². The fourth-order valence-electron chi connectivity index (χ4n) is 0.614. The molecule has 0 saturated heterocycles. The third-order valence-corrected chi connectivity index (χ3v) is 1.33. The number of halogens is 2. The number of benzene rings is 1. The van der Waals surface area contributed by atoms with E-state index in [1.807, 2.05) is 0 Å². The lowest BCUT2D eigenvalue weighted by molar-refractivity contribution is -0.826. The molecule has 54 valence electrons. The highest BCUT2D eigenvalue weighted by Crippen LogP contribution is 2.14. The minimum absolute atomic E-state index is 0.104. The van der Waals surface area contributed by atoms with Crippen molar-refractivity contribution in [1.29, 1.82) is 0 Å². The lowest BCUT2D eigenvalue weighted by Gasteiger charge is -1.93. The van der Waals surface area contributed by atoms with Crippen molar-refractivity contribution in [3.05, 3.63) is 29.0 Å². The Bertz CT molecular complexity index is 241. The summed E-state index contributed by atoms with van der Waals surface area (Å²) in [5, 5.41) is 8.82. The largest absolute Gasteiger partial charge is 0.215 e. The van der Waals surface area contributed by atoms with Gasteiger partial charge in [0.15, 0.2) is 11.5 Å². The van der Waals surface area contributed by atoms with Gasteiger partial charge in [0.05, 0.1) is 0 Å². The number of quaternary nitrogens is 1. The van der Waals surface area contributed by atoms with Gasteiger partial charge in [0.1, 0.15) is 0 Å². The number of hydrogen-bond acceptors (Lipinski definition) is 1. The molecule has 1 aromatic carbocycles. The van der Waals surface area contributed by atoms with Gasteiger partial charge < -0.3 is 0 Å². The molecule has 0 saturated carbocycles. The molecule has 0 amide bonds. The van der Waals surface area contributed by atoms with Crippen LogP contribution in [-0.2, 0) is 0 Å². The molecule has 0 aliphatic heterocycles. The molecular formula is C6H6ClFNO+. The predicted octanol–water partition coefficient (Wildman–Crippen LogP) is 1.06. The topological polar surface area (TPSA) is 36.8 Å². The van der Waals surface area contributed by atoms with Crippen LogP contribution in [0.5, 0.6) is 0 Å². The van der Waals surface area contributed by atoms with Gasteiger partial charge in [-0.05, 0) is 12.1 Å². The van der Waals surface area contributed by atoms with Gasteiger partial charge in [0.2, 0.25) is 0 Å². The molecule has 0 unspecified atom stereocenters. The maximum atomic E-state index is 12.5. The molecule has 0 fully saturated rings. The lowest BCUT2D eigenvalue weighted by atomic mass is 10.3. The minimum atomic E-state index is -0.480. The second-order valence-electron chi connectivity index (χ2n) is 1.79. The fourth-order valence-corrected chi connectivity index (χ4v) is 0.794. The normalized spacial score (nSPS) is 9.90. The Morgan fingerprint density at radius 3 is 2.70 bits per heavy atom. The molecule has 0 atom stereocenters. The summed E-state index contributed by atoms with van der Waals surface area (Å²) in [6.07, 6.45) is 0. The predicted molar refractivity (Wildman–Crippen MR) is 34.8 cm³/mol. The first kappa shape index (κ1) is 7.47. The summed E-state index contributed by atoms with van der Waals surface area (Å²) in [7, 11) is 0. The molecule has 3 N–H and O–H groups in total. The Morgan fingerprint density at radius 1 is 1.50 bits per heavy atom. The number of hydrogen-bond donors (Lipinski definition) is 2. The van der Waals surface area contributed by atoms with Gasteiger partial charge in [0, 0.05) is 11.1 Å². The highest BCUT2D eigenvalue weighted by molar-refractivity contribution is 6.30. The third kappa shape index (κ3) is 1.44. The van der Waals surface area contributed by atoms with E-state index in [0.717, 1.165) is 0 Å². The van der Waals surface area contributed by atoms with Gasteiger partial charge in [-0.1, -0.05) is 11.6 Å². The van der Waals surface area contributed by atoms with Crippen LogP contribution in [0.3, 0.4) is 0 Å². The van der Waals surface area contributed by atoms with Crippen LogP contribution < -0.4 is 5.48 Å². The van der Waals surface area contributed by atoms with Gasteiger partial charge in [-0.2, -0.15) is 5.48 Å². The number of nitrogens with two attached hydrogens (primary N) is 1. The molecule has 0 bridgehead atoms. The van der Waals surface area contributed by atoms with Gasteiger partial charge in [0.25, 0.3) is 0 Å². The van der Waals surface area contributed by atoms with Gasteiger partial charge in [-0.15, -0.1) is 0 Å². The van der Waals surface area contributed by atoms with Crippen molar-refractivity contribution in [1.82, 2.24) is 0 Å². The third-order valence-electron chi connectivity index (χ3n) is 1.10. The second kappa shape index (κ2) is 2.96. The van der Waals surface area contributed by atoms with Gasteiger partial charge in [-0.3, -0.25) is 0 Å². The summed E-state index contributed by atoms with van der Waals surface area (Å²) in [5.41, 5.74) is 0.786. The molecule has 0 aliphatic rings. The zero-order chi connectivity index (χ0) is 7.56. The molecule has 2 nitrogen and oxygen atoms in total. The van der Waals surface area contributed by atoms with Crippen LogP contribution in [0.1, 0.15) is 0 Å².